The molecule has 2 heterocycles. The lowest BCUT2D eigenvalue weighted by molar-refractivity contribution is 0.191. The summed E-state index contributed by atoms with van der Waals surface area (Å²) in [5, 5.41) is 13.6. The number of rotatable bonds is 8. The highest BCUT2D eigenvalue weighted by atomic mass is 16.5. The molecule has 7 nitrogen and oxygen atoms in total. The number of likely N-dealkylation sites (N-methyl/N-ethyl adjacent to an activating group) is 1. The van der Waals surface area contributed by atoms with E-state index in [0.717, 1.165) is 35.9 Å². The van der Waals surface area contributed by atoms with Crippen LogP contribution >= 0.6 is 0 Å². The Morgan fingerprint density at radius 2 is 2.07 bits per heavy atom. The first-order valence-corrected chi connectivity index (χ1v) is 10.4. The van der Waals surface area contributed by atoms with Gasteiger partial charge >= 0.3 is 0 Å². The van der Waals surface area contributed by atoms with Gasteiger partial charge in [-0.15, -0.1) is 0 Å². The smallest absolute Gasteiger partial charge is 0.134 e. The minimum atomic E-state index is -0.319. The van der Waals surface area contributed by atoms with E-state index in [4.69, 9.17) is 4.74 Å². The second-order valence-electron chi connectivity index (χ2n) is 8.42. The third kappa shape index (κ3) is 4.79. The molecule has 2 aliphatic rings. The van der Waals surface area contributed by atoms with Crippen LogP contribution in [0.2, 0.25) is 0 Å². The van der Waals surface area contributed by atoms with Gasteiger partial charge < -0.3 is 25.0 Å². The molecule has 0 bridgehead atoms. The van der Waals surface area contributed by atoms with Crippen LogP contribution in [0, 0.1) is 0 Å². The van der Waals surface area contributed by atoms with Gasteiger partial charge in [-0.05, 0) is 50.9 Å². The van der Waals surface area contributed by atoms with Crippen molar-refractivity contribution in [3.05, 3.63) is 41.7 Å². The Bertz CT molecular complexity index is 840. The first-order chi connectivity index (χ1) is 14.0. The third-order valence-corrected chi connectivity index (χ3v) is 5.73. The molecule has 0 amide bonds. The summed E-state index contributed by atoms with van der Waals surface area (Å²) in [6.45, 7) is 2.13. The highest BCUT2D eigenvalue weighted by molar-refractivity contribution is 5.51. The summed E-state index contributed by atoms with van der Waals surface area (Å²) < 4.78 is 5.54. The summed E-state index contributed by atoms with van der Waals surface area (Å²) in [4.78, 5) is 13.2. The number of methoxy groups -OCH3 is 1. The van der Waals surface area contributed by atoms with Crippen molar-refractivity contribution in [3.63, 3.8) is 0 Å². The average Bonchev–Trinajstić information content (AvgIpc) is 3.49. The molecule has 1 saturated carbocycles. The molecule has 0 unspecified atom stereocenters. The van der Waals surface area contributed by atoms with Gasteiger partial charge in [-0.25, -0.2) is 9.97 Å². The van der Waals surface area contributed by atoms with E-state index < -0.39 is 0 Å². The first kappa shape index (κ1) is 19.9. The van der Waals surface area contributed by atoms with Crippen LogP contribution in [0.1, 0.15) is 36.3 Å². The molecule has 2 fully saturated rings. The Morgan fingerprint density at radius 1 is 1.24 bits per heavy atom. The summed E-state index contributed by atoms with van der Waals surface area (Å²) in [5.74, 6) is 3.23. The zero-order valence-corrected chi connectivity index (χ0v) is 17.5. The third-order valence-electron chi connectivity index (χ3n) is 5.73. The molecule has 156 valence electrons. The van der Waals surface area contributed by atoms with E-state index >= 15 is 0 Å². The molecule has 2 atom stereocenters. The van der Waals surface area contributed by atoms with Crippen molar-refractivity contribution in [3.8, 4) is 5.75 Å². The molecule has 2 aromatic rings. The summed E-state index contributed by atoms with van der Waals surface area (Å²) in [6, 6.07) is 8.70. The number of ether oxygens (including phenoxy) is 1. The Morgan fingerprint density at radius 3 is 2.79 bits per heavy atom. The summed E-state index contributed by atoms with van der Waals surface area (Å²) >= 11 is 0. The Balaban J connectivity index is 1.47. The number of anilines is 2. The van der Waals surface area contributed by atoms with Gasteiger partial charge in [0.25, 0.3) is 0 Å². The number of aromatic nitrogens is 2. The zero-order valence-electron chi connectivity index (χ0n) is 17.5. The van der Waals surface area contributed by atoms with Gasteiger partial charge in [0.05, 0.1) is 13.2 Å². The number of nitrogens with zero attached hydrogens (tertiary/aromatic N) is 4. The van der Waals surface area contributed by atoms with Crippen molar-refractivity contribution in [2.24, 2.45) is 0 Å². The van der Waals surface area contributed by atoms with Crippen molar-refractivity contribution < 1.29 is 9.84 Å². The highest BCUT2D eigenvalue weighted by Crippen LogP contribution is 2.41. The predicted octanol–water partition coefficient (Wildman–Crippen LogP) is 2.48. The average molecular weight is 398 g/mol. The van der Waals surface area contributed by atoms with Gasteiger partial charge in [-0.3, -0.25) is 0 Å². The second-order valence-corrected chi connectivity index (χ2v) is 8.42. The fraction of sp³-hybridized carbons (Fsp3) is 0.545. The van der Waals surface area contributed by atoms with Crippen molar-refractivity contribution in [1.29, 1.82) is 0 Å². The number of aliphatic hydroxyl groups excluding tert-OH is 1. The van der Waals surface area contributed by atoms with Gasteiger partial charge in [0.2, 0.25) is 0 Å². The molecule has 4 rings (SSSR count). The molecule has 29 heavy (non-hydrogen) atoms. The van der Waals surface area contributed by atoms with Crippen molar-refractivity contribution in [2.75, 3.05) is 44.5 Å². The van der Waals surface area contributed by atoms with Gasteiger partial charge in [0, 0.05) is 37.3 Å². The standard InChI is InChI=1S/C22H31N5O2/c1-26(2)12-18-9-19(28)13-27(18)22-10-21(24-14-25-22)23-11-17-8-16(15-4-5-15)6-7-20(17)29-3/h6-8,10,14-15,18-19,28H,4-5,9,11-13H2,1-3H3,(H,23,24,25)/t18-,19-/m1/s1. The zero-order chi connectivity index (χ0) is 20.4. The quantitative estimate of drug-likeness (QED) is 0.709. The minimum Gasteiger partial charge on any atom is -0.496 e. The van der Waals surface area contributed by atoms with Crippen molar-refractivity contribution in [2.45, 2.75) is 43.9 Å². The number of hydrogen-bond donors (Lipinski definition) is 2. The SMILES string of the molecule is COc1ccc(C2CC2)cc1CNc1cc(N2C[C@H](O)C[C@@H]2CN(C)C)ncn1. The Kier molecular flexibility index (Phi) is 5.87. The summed E-state index contributed by atoms with van der Waals surface area (Å²) in [5.41, 5.74) is 2.53. The molecule has 0 spiro atoms. The second kappa shape index (κ2) is 8.55. The fourth-order valence-corrected chi connectivity index (χ4v) is 4.16. The van der Waals surface area contributed by atoms with E-state index in [-0.39, 0.29) is 12.1 Å². The lowest BCUT2D eigenvalue weighted by Crippen LogP contribution is -2.38. The van der Waals surface area contributed by atoms with Crippen LogP contribution in [0.25, 0.3) is 0 Å². The molecule has 1 aromatic heterocycles. The van der Waals surface area contributed by atoms with Crippen LogP contribution < -0.4 is 15.0 Å². The number of nitrogens with one attached hydrogen (secondary N) is 1. The number of aliphatic hydroxyl groups is 1. The van der Waals surface area contributed by atoms with E-state index in [1.54, 1.807) is 13.4 Å². The highest BCUT2D eigenvalue weighted by Gasteiger charge is 2.32. The van der Waals surface area contributed by atoms with Crippen LogP contribution in [0.4, 0.5) is 11.6 Å². The number of hydrogen-bond acceptors (Lipinski definition) is 7. The van der Waals surface area contributed by atoms with E-state index in [1.165, 1.54) is 18.4 Å². The van der Waals surface area contributed by atoms with Crippen LogP contribution in [-0.2, 0) is 6.54 Å². The minimum absolute atomic E-state index is 0.248. The number of β-amino-alcohol motifs (C(OH)–C–C–N with tert-alkyl or cyclic N) is 1. The van der Waals surface area contributed by atoms with Gasteiger partial charge in [-0.1, -0.05) is 12.1 Å². The molecular formula is C22H31N5O2. The largest absolute Gasteiger partial charge is 0.496 e. The lowest BCUT2D eigenvalue weighted by Gasteiger charge is -2.27. The first-order valence-electron chi connectivity index (χ1n) is 10.4. The molecule has 0 radical (unpaired) electrons. The van der Waals surface area contributed by atoms with Crippen molar-refractivity contribution >= 4 is 11.6 Å². The molecule has 2 N–H and O–H groups in total. The van der Waals surface area contributed by atoms with E-state index in [1.807, 2.05) is 6.07 Å². The van der Waals surface area contributed by atoms with Crippen LogP contribution in [0.5, 0.6) is 5.75 Å². The molecule has 1 aliphatic carbocycles. The van der Waals surface area contributed by atoms with Gasteiger partial charge in [0.1, 0.15) is 23.7 Å². The van der Waals surface area contributed by atoms with E-state index in [0.29, 0.717) is 19.0 Å². The van der Waals surface area contributed by atoms with Crippen LogP contribution in [0.15, 0.2) is 30.6 Å². The van der Waals surface area contributed by atoms with Gasteiger partial charge in [-0.2, -0.15) is 0 Å². The molecule has 1 aromatic carbocycles. The molecule has 1 aliphatic heterocycles. The monoisotopic (exact) mass is 397 g/mol. The van der Waals surface area contributed by atoms with Crippen molar-refractivity contribution in [1.82, 2.24) is 14.9 Å². The van der Waals surface area contributed by atoms with E-state index in [2.05, 4.69) is 57.4 Å². The van der Waals surface area contributed by atoms with Crippen LogP contribution in [0.3, 0.4) is 0 Å². The normalized spacial score (nSPS) is 21.6. The fourth-order valence-electron chi connectivity index (χ4n) is 4.16. The Labute approximate surface area is 172 Å². The maximum atomic E-state index is 10.2. The van der Waals surface area contributed by atoms with Gasteiger partial charge in [0.15, 0.2) is 0 Å². The predicted molar refractivity (Wildman–Crippen MR) is 115 cm³/mol. The summed E-state index contributed by atoms with van der Waals surface area (Å²) in [6.07, 6.45) is 4.60. The van der Waals surface area contributed by atoms with Crippen LogP contribution in [-0.4, -0.2) is 66.4 Å². The summed E-state index contributed by atoms with van der Waals surface area (Å²) in [7, 11) is 5.82. The lowest BCUT2D eigenvalue weighted by atomic mass is 10.1. The molecule has 7 heteroatoms. The maximum absolute atomic E-state index is 10.2. The Hall–Kier alpha value is -2.38. The molecule has 1 saturated heterocycles. The maximum Gasteiger partial charge on any atom is 0.134 e. The topological polar surface area (TPSA) is 73.8 Å². The molecular weight excluding hydrogens is 366 g/mol. The number of benzene rings is 1. The van der Waals surface area contributed by atoms with E-state index in [9.17, 15) is 5.11 Å².